The molecule has 51 heavy (non-hydrogen) atoms. The van der Waals surface area contributed by atoms with E-state index in [1.807, 2.05) is 13.8 Å². The number of Topliss-reactive ketones (excluding diaryl/α,β-unsaturated/α-hetero) is 1. The Morgan fingerprint density at radius 2 is 1.59 bits per heavy atom. The summed E-state index contributed by atoms with van der Waals surface area (Å²) in [5, 5.41) is 10.2. The van der Waals surface area contributed by atoms with Crippen LogP contribution < -0.4 is 21.3 Å². The van der Waals surface area contributed by atoms with Crippen LogP contribution in [0.1, 0.15) is 73.4 Å². The summed E-state index contributed by atoms with van der Waals surface area (Å²) < 4.78 is 5.41. The maximum Gasteiger partial charge on any atom is 0.408 e. The van der Waals surface area contributed by atoms with Crippen LogP contribution >= 0.6 is 0 Å². The van der Waals surface area contributed by atoms with E-state index in [2.05, 4.69) is 27.8 Å². The predicted octanol–water partition coefficient (Wildman–Crippen LogP) is 2.10. The molecule has 0 radical (unpaired) electrons. The first-order valence-electron chi connectivity index (χ1n) is 17.1. The van der Waals surface area contributed by atoms with Gasteiger partial charge in [0.2, 0.25) is 29.4 Å². The SMILES string of the molecule is C=CCC(NC(=O)[C@@H]1[C@@H]2[C@H](CN1C(=O)C(NC(=O)OC(C)(C)C)C(C)(C)C)C2(C)C)C(=O)C(=O)NCC(=O)N[C@H](C(=O)N(C)C)c1ccccc1. The van der Waals surface area contributed by atoms with Gasteiger partial charge in [0.1, 0.15) is 29.8 Å². The van der Waals surface area contributed by atoms with Crippen LogP contribution in [0.3, 0.4) is 0 Å². The van der Waals surface area contributed by atoms with Crippen LogP contribution in [0.2, 0.25) is 0 Å². The molecule has 1 aromatic carbocycles. The van der Waals surface area contributed by atoms with E-state index in [1.165, 1.54) is 15.9 Å². The Balaban J connectivity index is 1.74. The van der Waals surface area contributed by atoms with Crippen molar-refractivity contribution in [2.75, 3.05) is 27.2 Å². The number of piperidine rings is 1. The van der Waals surface area contributed by atoms with E-state index in [-0.39, 0.29) is 36.1 Å². The van der Waals surface area contributed by atoms with Crippen LogP contribution in [0.4, 0.5) is 4.79 Å². The first-order chi connectivity index (χ1) is 23.5. The first kappa shape index (κ1) is 40.7. The normalized spacial score (nSPS) is 20.7. The molecule has 2 unspecified atom stereocenters. The molecule has 14 nitrogen and oxygen atoms in total. The van der Waals surface area contributed by atoms with Gasteiger partial charge in [0.15, 0.2) is 0 Å². The number of nitrogens with one attached hydrogen (secondary N) is 4. The third-order valence-corrected chi connectivity index (χ3v) is 9.33. The molecule has 1 aliphatic heterocycles. The zero-order chi connectivity index (χ0) is 38.6. The molecule has 0 spiro atoms. The van der Waals surface area contributed by atoms with E-state index >= 15 is 0 Å². The Morgan fingerprint density at radius 3 is 2.12 bits per heavy atom. The van der Waals surface area contributed by atoms with Crippen molar-refractivity contribution in [1.82, 2.24) is 31.1 Å². The van der Waals surface area contributed by atoms with Gasteiger partial charge in [-0.3, -0.25) is 28.8 Å². The average molecular weight is 711 g/mol. The Kier molecular flexibility index (Phi) is 12.5. The van der Waals surface area contributed by atoms with E-state index in [9.17, 15) is 33.6 Å². The van der Waals surface area contributed by atoms with E-state index in [4.69, 9.17) is 4.74 Å². The van der Waals surface area contributed by atoms with Gasteiger partial charge in [0.05, 0.1) is 6.54 Å². The van der Waals surface area contributed by atoms with Crippen LogP contribution in [0.15, 0.2) is 43.0 Å². The molecule has 4 N–H and O–H groups in total. The van der Waals surface area contributed by atoms with Crippen molar-refractivity contribution >= 4 is 41.4 Å². The third kappa shape index (κ3) is 9.95. The fourth-order valence-corrected chi connectivity index (χ4v) is 6.52. The van der Waals surface area contributed by atoms with Gasteiger partial charge in [0.25, 0.3) is 5.91 Å². The summed E-state index contributed by atoms with van der Waals surface area (Å²) in [5.41, 5.74) is -1.27. The van der Waals surface area contributed by atoms with E-state index in [0.29, 0.717) is 5.56 Å². The molecule has 3 rings (SSSR count). The summed E-state index contributed by atoms with van der Waals surface area (Å²) in [7, 11) is 3.10. The molecule has 0 aromatic heterocycles. The lowest BCUT2D eigenvalue weighted by atomic mass is 9.85. The summed E-state index contributed by atoms with van der Waals surface area (Å²) in [6.45, 7) is 17.8. The summed E-state index contributed by atoms with van der Waals surface area (Å²) >= 11 is 0. The van der Waals surface area contributed by atoms with Crippen molar-refractivity contribution < 1.29 is 38.3 Å². The molecule has 1 aliphatic carbocycles. The summed E-state index contributed by atoms with van der Waals surface area (Å²) in [6, 6.07) is 4.23. The highest BCUT2D eigenvalue weighted by Crippen LogP contribution is 2.65. The number of carbonyl (C=O) groups is 7. The Labute approximate surface area is 300 Å². The number of nitrogens with zero attached hydrogens (tertiary/aromatic N) is 2. The minimum atomic E-state index is -1.33. The summed E-state index contributed by atoms with van der Waals surface area (Å²) in [4.78, 5) is 95.5. The van der Waals surface area contributed by atoms with Crippen molar-refractivity contribution in [3.8, 4) is 0 Å². The first-order valence-corrected chi connectivity index (χ1v) is 17.1. The number of ether oxygens (including phenoxy) is 1. The van der Waals surface area contributed by atoms with Crippen LogP contribution in [0.25, 0.3) is 0 Å². The van der Waals surface area contributed by atoms with Crippen LogP contribution in [-0.2, 0) is 33.5 Å². The van der Waals surface area contributed by atoms with Crippen molar-refractivity contribution in [2.24, 2.45) is 22.7 Å². The lowest BCUT2D eigenvalue weighted by Crippen LogP contribution is -2.60. The third-order valence-electron chi connectivity index (χ3n) is 9.33. The van der Waals surface area contributed by atoms with Crippen molar-refractivity contribution in [2.45, 2.75) is 91.6 Å². The number of fused-ring (bicyclic) bond motifs is 1. The number of likely N-dealkylation sites (tertiary alicyclic amines) is 1. The molecule has 6 atom stereocenters. The number of rotatable bonds is 13. The molecule has 2 fully saturated rings. The second-order valence-corrected chi connectivity index (χ2v) is 16.1. The Bertz CT molecular complexity index is 1530. The molecule has 280 valence electrons. The maximum absolute atomic E-state index is 14.1. The fraction of sp³-hybridized carbons (Fsp3) is 0.595. The zero-order valence-corrected chi connectivity index (χ0v) is 31.4. The topological polar surface area (TPSA) is 183 Å². The molecule has 2 aliphatic rings. The molecule has 6 amide bonds. The highest BCUT2D eigenvalue weighted by Gasteiger charge is 2.70. The molecular formula is C37H54N6O8. The number of hydrogen-bond acceptors (Lipinski definition) is 8. The van der Waals surface area contributed by atoms with Gasteiger partial charge in [0, 0.05) is 20.6 Å². The molecule has 1 saturated heterocycles. The second kappa shape index (κ2) is 15.6. The molecule has 1 aromatic rings. The summed E-state index contributed by atoms with van der Waals surface area (Å²) in [6.07, 6.45) is 0.514. The highest BCUT2D eigenvalue weighted by molar-refractivity contribution is 6.38. The summed E-state index contributed by atoms with van der Waals surface area (Å²) in [5.74, 6) is -4.52. The monoisotopic (exact) mass is 710 g/mol. The molecular weight excluding hydrogens is 656 g/mol. The lowest BCUT2D eigenvalue weighted by molar-refractivity contribution is -0.145. The van der Waals surface area contributed by atoms with Crippen molar-refractivity contribution in [1.29, 1.82) is 0 Å². The smallest absolute Gasteiger partial charge is 0.408 e. The van der Waals surface area contributed by atoms with Gasteiger partial charge in [-0.15, -0.1) is 6.58 Å². The quantitative estimate of drug-likeness (QED) is 0.177. The van der Waals surface area contributed by atoms with Crippen molar-refractivity contribution in [3.05, 3.63) is 48.6 Å². The number of alkyl carbamates (subject to hydrolysis) is 1. The van der Waals surface area contributed by atoms with Gasteiger partial charge in [-0.25, -0.2) is 4.79 Å². The number of ketones is 1. The van der Waals surface area contributed by atoms with Crippen LogP contribution in [0.5, 0.6) is 0 Å². The minimum absolute atomic E-state index is 0.00815. The number of carbonyl (C=O) groups excluding carboxylic acids is 7. The molecule has 1 saturated carbocycles. The van der Waals surface area contributed by atoms with Crippen molar-refractivity contribution in [3.63, 3.8) is 0 Å². The Hall–Kier alpha value is -4.75. The average Bonchev–Trinajstić information content (AvgIpc) is 3.33. The standard InChI is InChI=1S/C37H54N6O8/c1-12-16-23(28(45)31(47)38-19-24(44)40-26(32(48)42(10)11)21-17-14-13-15-18-21)39-30(46)27-25-22(37(25,8)9)20-43(27)33(49)29(35(2,3)4)41-34(50)51-36(5,6)7/h12-15,17-18,22-23,25-27,29H,1,16,19-20H2,2-11H3,(H,38,47)(H,39,46)(H,40,44)(H,41,50)/t22-,23?,25-,26-,27-,29?/m0/s1. The number of likely N-dealkylation sites (N-methyl/N-ethyl adjacent to an activating group) is 1. The van der Waals surface area contributed by atoms with Gasteiger partial charge in [-0.05, 0) is 55.4 Å². The van der Waals surface area contributed by atoms with Gasteiger partial charge in [-0.1, -0.05) is 71.0 Å². The van der Waals surface area contributed by atoms with Gasteiger partial charge in [-0.2, -0.15) is 0 Å². The second-order valence-electron chi connectivity index (χ2n) is 16.1. The van der Waals surface area contributed by atoms with Gasteiger partial charge >= 0.3 is 6.09 Å². The molecule has 14 heteroatoms. The highest BCUT2D eigenvalue weighted by atomic mass is 16.6. The minimum Gasteiger partial charge on any atom is -0.444 e. The number of hydrogen-bond donors (Lipinski definition) is 4. The molecule has 0 bridgehead atoms. The van der Waals surface area contributed by atoms with Crippen LogP contribution in [-0.4, -0.2) is 102 Å². The van der Waals surface area contributed by atoms with Crippen LogP contribution in [0, 0.1) is 22.7 Å². The van der Waals surface area contributed by atoms with Gasteiger partial charge < -0.3 is 35.8 Å². The molecule has 1 heterocycles. The fourth-order valence-electron chi connectivity index (χ4n) is 6.52. The number of amides is 6. The van der Waals surface area contributed by atoms with E-state index < -0.39 is 77.2 Å². The predicted molar refractivity (Wildman–Crippen MR) is 190 cm³/mol. The lowest BCUT2D eigenvalue weighted by Gasteiger charge is -2.38. The maximum atomic E-state index is 14.1. The van der Waals surface area contributed by atoms with E-state index in [1.54, 1.807) is 86.0 Å². The van der Waals surface area contributed by atoms with E-state index in [0.717, 1.165) is 0 Å². The number of benzene rings is 1. The zero-order valence-electron chi connectivity index (χ0n) is 31.4. The largest absolute Gasteiger partial charge is 0.444 e. The Morgan fingerprint density at radius 1 is 0.980 bits per heavy atom.